The number of unbranched alkanes of at least 4 members (excludes halogenated alkanes) is 62. The first kappa shape index (κ1) is 81.4. The van der Waals surface area contributed by atoms with Crippen molar-refractivity contribution >= 4 is 17.9 Å². The molecule has 1 atom stereocenters. The molecule has 0 aromatic carbocycles. The van der Waals surface area contributed by atoms with Gasteiger partial charge in [-0.25, -0.2) is 0 Å². The quantitative estimate of drug-likeness (QED) is 0.0343. The summed E-state index contributed by atoms with van der Waals surface area (Å²) in [4.78, 5) is 38.4. The molecular weight excluding hydrogens is 1020 g/mol. The molecule has 1 unspecified atom stereocenters. The number of carbonyl (C=O) groups excluding carboxylic acids is 3. The second-order valence-electron chi connectivity index (χ2n) is 26.6. The SMILES string of the molecule is CCCCCCCCCCCCCCCCCCCCCCCCCCCCCCCCCCCCC(=O)OCC(COC(=O)CCCCCCCCCCCCCCC)OC(=O)CCCCCCCCCCCCCCCCCCCC. The maximum atomic E-state index is 12.9. The summed E-state index contributed by atoms with van der Waals surface area (Å²) in [6.07, 6.45) is 87.4. The maximum absolute atomic E-state index is 12.9. The normalized spacial score (nSPS) is 11.9. The van der Waals surface area contributed by atoms with E-state index in [1.54, 1.807) is 0 Å². The molecular formula is C77H150O6. The molecule has 83 heavy (non-hydrogen) atoms. The number of hydrogen-bond donors (Lipinski definition) is 0. The van der Waals surface area contributed by atoms with Crippen molar-refractivity contribution in [2.45, 2.75) is 463 Å². The Hall–Kier alpha value is -1.59. The van der Waals surface area contributed by atoms with Crippen LogP contribution < -0.4 is 0 Å². The molecule has 0 amide bonds. The number of rotatable bonds is 73. The molecule has 494 valence electrons. The Kier molecular flexibility index (Phi) is 71.5. The van der Waals surface area contributed by atoms with Crippen molar-refractivity contribution in [3.05, 3.63) is 0 Å². The van der Waals surface area contributed by atoms with Gasteiger partial charge in [0.1, 0.15) is 13.2 Å². The van der Waals surface area contributed by atoms with E-state index in [-0.39, 0.29) is 31.1 Å². The lowest BCUT2D eigenvalue weighted by Gasteiger charge is -2.18. The Morgan fingerprint density at radius 2 is 0.325 bits per heavy atom. The van der Waals surface area contributed by atoms with Crippen LogP contribution in [0.2, 0.25) is 0 Å². The van der Waals surface area contributed by atoms with Gasteiger partial charge in [0.05, 0.1) is 0 Å². The molecule has 0 rings (SSSR count). The fourth-order valence-corrected chi connectivity index (χ4v) is 12.3. The largest absolute Gasteiger partial charge is 0.462 e. The predicted molar refractivity (Wildman–Crippen MR) is 363 cm³/mol. The standard InChI is InChI=1S/C77H150O6/c1-4-7-10-13-16-19-22-25-27-29-31-32-33-34-35-36-37-38-39-40-41-42-43-44-45-46-48-49-52-55-58-61-64-67-70-76(79)82-73-74(72-81-75(78)69-66-63-60-57-54-51-24-21-18-15-12-9-6-3)83-77(80)71-68-65-62-59-56-53-50-47-30-28-26-23-20-17-14-11-8-5-2/h74H,4-73H2,1-3H3. The average molecular weight is 1170 g/mol. The van der Waals surface area contributed by atoms with Crippen molar-refractivity contribution in [1.82, 2.24) is 0 Å². The first-order valence-electron chi connectivity index (χ1n) is 38.5. The number of carbonyl (C=O) groups is 3. The highest BCUT2D eigenvalue weighted by atomic mass is 16.6. The third kappa shape index (κ3) is 71.1. The lowest BCUT2D eigenvalue weighted by molar-refractivity contribution is -0.167. The van der Waals surface area contributed by atoms with E-state index in [0.29, 0.717) is 19.3 Å². The zero-order chi connectivity index (χ0) is 59.9. The van der Waals surface area contributed by atoms with Crippen LogP contribution in [-0.2, 0) is 28.6 Å². The Balaban J connectivity index is 4.05. The van der Waals surface area contributed by atoms with Crippen molar-refractivity contribution in [3.8, 4) is 0 Å². The van der Waals surface area contributed by atoms with Gasteiger partial charge in [-0.1, -0.05) is 419 Å². The number of esters is 3. The Morgan fingerprint density at radius 1 is 0.193 bits per heavy atom. The van der Waals surface area contributed by atoms with Crippen LogP contribution >= 0.6 is 0 Å². The van der Waals surface area contributed by atoms with E-state index in [1.807, 2.05) is 0 Å². The minimum atomic E-state index is -0.763. The summed E-state index contributed by atoms with van der Waals surface area (Å²) in [6, 6.07) is 0. The van der Waals surface area contributed by atoms with Crippen LogP contribution in [-0.4, -0.2) is 37.2 Å². The molecule has 0 heterocycles. The van der Waals surface area contributed by atoms with Gasteiger partial charge in [0.15, 0.2) is 6.10 Å². The van der Waals surface area contributed by atoms with Crippen molar-refractivity contribution in [3.63, 3.8) is 0 Å². The average Bonchev–Trinajstić information content (AvgIpc) is 3.49. The summed E-state index contributed by atoms with van der Waals surface area (Å²) in [5.41, 5.74) is 0. The molecule has 0 aromatic heterocycles. The molecule has 0 aromatic rings. The molecule has 6 nitrogen and oxygen atoms in total. The molecule has 0 fully saturated rings. The van der Waals surface area contributed by atoms with Gasteiger partial charge >= 0.3 is 17.9 Å². The fourth-order valence-electron chi connectivity index (χ4n) is 12.3. The van der Waals surface area contributed by atoms with Crippen LogP contribution in [0.15, 0.2) is 0 Å². The van der Waals surface area contributed by atoms with Crippen LogP contribution in [0.4, 0.5) is 0 Å². The van der Waals surface area contributed by atoms with Gasteiger partial charge in [0, 0.05) is 19.3 Å². The second-order valence-corrected chi connectivity index (χ2v) is 26.6. The predicted octanol–water partition coefficient (Wildman–Crippen LogP) is 26.6. The maximum Gasteiger partial charge on any atom is 0.306 e. The molecule has 0 saturated carbocycles. The van der Waals surface area contributed by atoms with E-state index in [9.17, 15) is 14.4 Å². The molecule has 0 spiro atoms. The topological polar surface area (TPSA) is 78.9 Å². The van der Waals surface area contributed by atoms with Crippen LogP contribution in [0.3, 0.4) is 0 Å². The highest BCUT2D eigenvalue weighted by Gasteiger charge is 2.20. The van der Waals surface area contributed by atoms with Crippen molar-refractivity contribution in [1.29, 1.82) is 0 Å². The molecule has 0 aliphatic heterocycles. The molecule has 0 bridgehead atoms. The minimum absolute atomic E-state index is 0.0601. The van der Waals surface area contributed by atoms with Crippen LogP contribution in [0.1, 0.15) is 457 Å². The summed E-state index contributed by atoms with van der Waals surface area (Å²) in [6.45, 7) is 6.75. The lowest BCUT2D eigenvalue weighted by Crippen LogP contribution is -2.30. The van der Waals surface area contributed by atoms with Crippen LogP contribution in [0.5, 0.6) is 0 Å². The second kappa shape index (κ2) is 72.9. The summed E-state index contributed by atoms with van der Waals surface area (Å²) in [5, 5.41) is 0. The van der Waals surface area contributed by atoms with E-state index < -0.39 is 6.10 Å². The van der Waals surface area contributed by atoms with Gasteiger partial charge in [0.2, 0.25) is 0 Å². The zero-order valence-corrected chi connectivity index (χ0v) is 57.0. The Morgan fingerprint density at radius 3 is 0.482 bits per heavy atom. The van der Waals surface area contributed by atoms with Crippen LogP contribution in [0, 0.1) is 0 Å². The van der Waals surface area contributed by atoms with E-state index >= 15 is 0 Å². The molecule has 6 heteroatoms. The van der Waals surface area contributed by atoms with Crippen molar-refractivity contribution in [2.75, 3.05) is 13.2 Å². The van der Waals surface area contributed by atoms with Gasteiger partial charge in [-0.15, -0.1) is 0 Å². The van der Waals surface area contributed by atoms with E-state index in [1.165, 1.54) is 360 Å². The van der Waals surface area contributed by atoms with Crippen molar-refractivity contribution < 1.29 is 28.6 Å². The minimum Gasteiger partial charge on any atom is -0.462 e. The van der Waals surface area contributed by atoms with Gasteiger partial charge in [-0.2, -0.15) is 0 Å². The summed E-state index contributed by atoms with van der Waals surface area (Å²) < 4.78 is 17.0. The van der Waals surface area contributed by atoms with Gasteiger partial charge in [0.25, 0.3) is 0 Å². The number of ether oxygens (including phenoxy) is 3. The first-order chi connectivity index (χ1) is 41.0. The molecule has 0 radical (unpaired) electrons. The van der Waals surface area contributed by atoms with Gasteiger partial charge in [-0.3, -0.25) is 14.4 Å². The molecule has 0 saturated heterocycles. The van der Waals surface area contributed by atoms with Gasteiger partial charge < -0.3 is 14.2 Å². The zero-order valence-electron chi connectivity index (χ0n) is 57.0. The summed E-state index contributed by atoms with van der Waals surface area (Å²) >= 11 is 0. The van der Waals surface area contributed by atoms with E-state index in [0.717, 1.165) is 57.8 Å². The third-order valence-electron chi connectivity index (χ3n) is 18.1. The van der Waals surface area contributed by atoms with E-state index in [2.05, 4.69) is 20.8 Å². The summed E-state index contributed by atoms with van der Waals surface area (Å²) in [5.74, 6) is -0.819. The molecule has 0 N–H and O–H groups in total. The van der Waals surface area contributed by atoms with Crippen LogP contribution in [0.25, 0.3) is 0 Å². The first-order valence-corrected chi connectivity index (χ1v) is 38.5. The lowest BCUT2D eigenvalue weighted by atomic mass is 10.0. The van der Waals surface area contributed by atoms with Crippen molar-refractivity contribution in [2.24, 2.45) is 0 Å². The fraction of sp³-hybridized carbons (Fsp3) is 0.961. The molecule has 0 aliphatic rings. The Bertz CT molecular complexity index is 1250. The third-order valence-corrected chi connectivity index (χ3v) is 18.1. The van der Waals surface area contributed by atoms with E-state index in [4.69, 9.17) is 14.2 Å². The number of hydrogen-bond acceptors (Lipinski definition) is 6. The summed E-state index contributed by atoms with van der Waals surface area (Å²) in [7, 11) is 0. The Labute approximate surface area is 520 Å². The highest BCUT2D eigenvalue weighted by molar-refractivity contribution is 5.71. The van der Waals surface area contributed by atoms with Gasteiger partial charge in [-0.05, 0) is 19.3 Å². The monoisotopic (exact) mass is 1170 g/mol. The molecule has 0 aliphatic carbocycles. The smallest absolute Gasteiger partial charge is 0.306 e. The highest BCUT2D eigenvalue weighted by Crippen LogP contribution is 2.20.